The first-order chi connectivity index (χ1) is 12.6. The Hall–Kier alpha value is -2.73. The number of amides is 1. The van der Waals surface area contributed by atoms with Gasteiger partial charge in [0.1, 0.15) is 17.2 Å². The monoisotopic (exact) mass is 356 g/mol. The highest BCUT2D eigenvalue weighted by Gasteiger charge is 2.26. The number of carbonyl (C=O) groups excluding carboxylic acids is 1. The standard InChI is InChI=1S/C20H24N2O4/c1-24-17-6-4-5-16(11-17)22-10-9-21(14-20(22)23)13-15-7-8-18(25-2)12-19(15)26-3/h4-8,11-12H,9-10,13-14H2,1-3H3. The van der Waals surface area contributed by atoms with Crippen molar-refractivity contribution in [3.63, 3.8) is 0 Å². The van der Waals surface area contributed by atoms with E-state index in [2.05, 4.69) is 4.90 Å². The molecule has 0 N–H and O–H groups in total. The van der Waals surface area contributed by atoms with E-state index in [1.807, 2.05) is 47.4 Å². The maximum absolute atomic E-state index is 12.6. The van der Waals surface area contributed by atoms with Crippen LogP contribution in [0.5, 0.6) is 17.2 Å². The van der Waals surface area contributed by atoms with Gasteiger partial charge in [-0.2, -0.15) is 0 Å². The van der Waals surface area contributed by atoms with E-state index in [-0.39, 0.29) is 5.91 Å². The van der Waals surface area contributed by atoms with Crippen LogP contribution in [0.1, 0.15) is 5.56 Å². The van der Waals surface area contributed by atoms with E-state index in [0.717, 1.165) is 35.0 Å². The Morgan fingerprint density at radius 1 is 0.923 bits per heavy atom. The minimum absolute atomic E-state index is 0.0805. The zero-order chi connectivity index (χ0) is 18.5. The lowest BCUT2D eigenvalue weighted by Gasteiger charge is -2.34. The Bertz CT molecular complexity index is 778. The van der Waals surface area contributed by atoms with E-state index < -0.39 is 0 Å². The molecule has 3 rings (SSSR count). The molecule has 138 valence electrons. The third-order valence-corrected chi connectivity index (χ3v) is 4.55. The maximum atomic E-state index is 12.6. The molecule has 0 radical (unpaired) electrons. The summed E-state index contributed by atoms with van der Waals surface area (Å²) in [4.78, 5) is 16.6. The largest absolute Gasteiger partial charge is 0.497 e. The van der Waals surface area contributed by atoms with Crippen molar-refractivity contribution in [2.45, 2.75) is 6.54 Å². The third kappa shape index (κ3) is 3.91. The van der Waals surface area contributed by atoms with Crippen LogP contribution in [0.2, 0.25) is 0 Å². The number of piperazine rings is 1. The van der Waals surface area contributed by atoms with Crippen molar-refractivity contribution in [3.8, 4) is 17.2 Å². The van der Waals surface area contributed by atoms with Crippen molar-refractivity contribution in [1.82, 2.24) is 4.90 Å². The summed E-state index contributed by atoms with van der Waals surface area (Å²) in [5, 5.41) is 0. The lowest BCUT2D eigenvalue weighted by Crippen LogP contribution is -2.50. The molecular weight excluding hydrogens is 332 g/mol. The van der Waals surface area contributed by atoms with E-state index in [0.29, 0.717) is 19.6 Å². The van der Waals surface area contributed by atoms with Crippen LogP contribution in [0.25, 0.3) is 0 Å². The molecule has 0 unspecified atom stereocenters. The van der Waals surface area contributed by atoms with Gasteiger partial charge in [0.2, 0.25) is 5.91 Å². The molecule has 0 spiro atoms. The molecule has 1 aliphatic rings. The molecule has 26 heavy (non-hydrogen) atoms. The first-order valence-corrected chi connectivity index (χ1v) is 8.52. The van der Waals surface area contributed by atoms with Crippen LogP contribution >= 0.6 is 0 Å². The van der Waals surface area contributed by atoms with Gasteiger partial charge in [-0.3, -0.25) is 9.69 Å². The molecule has 1 fully saturated rings. The van der Waals surface area contributed by atoms with Crippen LogP contribution in [-0.4, -0.2) is 51.8 Å². The summed E-state index contributed by atoms with van der Waals surface area (Å²) >= 11 is 0. The zero-order valence-electron chi connectivity index (χ0n) is 15.4. The second-order valence-electron chi connectivity index (χ2n) is 6.14. The minimum Gasteiger partial charge on any atom is -0.497 e. The summed E-state index contributed by atoms with van der Waals surface area (Å²) in [7, 11) is 4.90. The van der Waals surface area contributed by atoms with Gasteiger partial charge >= 0.3 is 0 Å². The molecule has 1 amide bonds. The number of hydrogen-bond donors (Lipinski definition) is 0. The molecular formula is C20H24N2O4. The number of rotatable bonds is 6. The fraction of sp³-hybridized carbons (Fsp3) is 0.350. The lowest BCUT2D eigenvalue weighted by molar-refractivity contribution is -0.121. The molecule has 0 aromatic heterocycles. The first kappa shape index (κ1) is 18.1. The van der Waals surface area contributed by atoms with Crippen molar-refractivity contribution < 1.29 is 19.0 Å². The fourth-order valence-electron chi connectivity index (χ4n) is 3.13. The summed E-state index contributed by atoms with van der Waals surface area (Å²) in [6.07, 6.45) is 0. The zero-order valence-corrected chi connectivity index (χ0v) is 15.4. The van der Waals surface area contributed by atoms with Gasteiger partial charge in [0.15, 0.2) is 0 Å². The van der Waals surface area contributed by atoms with Crippen molar-refractivity contribution >= 4 is 11.6 Å². The summed E-state index contributed by atoms with van der Waals surface area (Å²) in [6.45, 7) is 2.46. The molecule has 2 aromatic rings. The normalized spacial score (nSPS) is 15.0. The van der Waals surface area contributed by atoms with Gasteiger partial charge in [0.05, 0.1) is 27.9 Å². The summed E-state index contributed by atoms with van der Waals surface area (Å²) in [6, 6.07) is 13.4. The van der Waals surface area contributed by atoms with Gasteiger partial charge in [-0.25, -0.2) is 0 Å². The number of nitrogens with zero attached hydrogens (tertiary/aromatic N) is 2. The minimum atomic E-state index is 0.0805. The van der Waals surface area contributed by atoms with Gasteiger partial charge in [0, 0.05) is 43.0 Å². The van der Waals surface area contributed by atoms with Gasteiger partial charge in [-0.15, -0.1) is 0 Å². The van der Waals surface area contributed by atoms with Crippen molar-refractivity contribution in [3.05, 3.63) is 48.0 Å². The Balaban J connectivity index is 1.68. The highest BCUT2D eigenvalue weighted by molar-refractivity contribution is 5.95. The van der Waals surface area contributed by atoms with Crippen LogP contribution in [0, 0.1) is 0 Å². The molecule has 2 aromatic carbocycles. The number of benzene rings is 2. The van der Waals surface area contributed by atoms with Gasteiger partial charge in [-0.05, 0) is 18.2 Å². The third-order valence-electron chi connectivity index (χ3n) is 4.55. The summed E-state index contributed by atoms with van der Waals surface area (Å²) in [5.41, 5.74) is 1.91. The molecule has 0 bridgehead atoms. The Kier molecular flexibility index (Phi) is 5.63. The second-order valence-corrected chi connectivity index (χ2v) is 6.14. The first-order valence-electron chi connectivity index (χ1n) is 8.52. The summed E-state index contributed by atoms with van der Waals surface area (Å²) < 4.78 is 15.9. The maximum Gasteiger partial charge on any atom is 0.241 e. The average Bonchev–Trinajstić information content (AvgIpc) is 2.68. The number of carbonyl (C=O) groups is 1. The Labute approximate surface area is 153 Å². The topological polar surface area (TPSA) is 51.2 Å². The summed E-state index contributed by atoms with van der Waals surface area (Å²) in [5.74, 6) is 2.36. The fourth-order valence-corrected chi connectivity index (χ4v) is 3.13. The van der Waals surface area contributed by atoms with E-state index in [4.69, 9.17) is 14.2 Å². The van der Waals surface area contributed by atoms with E-state index >= 15 is 0 Å². The van der Waals surface area contributed by atoms with Crippen molar-refractivity contribution in [1.29, 1.82) is 0 Å². The van der Waals surface area contributed by atoms with Crippen LogP contribution in [-0.2, 0) is 11.3 Å². The molecule has 1 saturated heterocycles. The van der Waals surface area contributed by atoms with Crippen molar-refractivity contribution in [2.24, 2.45) is 0 Å². The average molecular weight is 356 g/mol. The predicted molar refractivity (Wildman–Crippen MR) is 100 cm³/mol. The Morgan fingerprint density at radius 3 is 2.38 bits per heavy atom. The molecule has 0 aliphatic carbocycles. The van der Waals surface area contributed by atoms with Crippen molar-refractivity contribution in [2.75, 3.05) is 45.9 Å². The number of hydrogen-bond acceptors (Lipinski definition) is 5. The molecule has 6 nitrogen and oxygen atoms in total. The Morgan fingerprint density at radius 2 is 1.69 bits per heavy atom. The lowest BCUT2D eigenvalue weighted by atomic mass is 10.1. The number of anilines is 1. The van der Waals surface area contributed by atoms with Crippen LogP contribution in [0.4, 0.5) is 5.69 Å². The van der Waals surface area contributed by atoms with E-state index in [1.54, 1.807) is 21.3 Å². The van der Waals surface area contributed by atoms with Crippen LogP contribution in [0.15, 0.2) is 42.5 Å². The highest BCUT2D eigenvalue weighted by Crippen LogP contribution is 2.27. The van der Waals surface area contributed by atoms with Gasteiger partial charge in [0.25, 0.3) is 0 Å². The molecule has 0 saturated carbocycles. The quantitative estimate of drug-likeness (QED) is 0.796. The molecule has 1 heterocycles. The smallest absolute Gasteiger partial charge is 0.241 e. The van der Waals surface area contributed by atoms with Crippen LogP contribution in [0.3, 0.4) is 0 Å². The second kappa shape index (κ2) is 8.10. The van der Waals surface area contributed by atoms with Gasteiger partial charge < -0.3 is 19.1 Å². The molecule has 6 heteroatoms. The predicted octanol–water partition coefficient (Wildman–Crippen LogP) is 2.56. The molecule has 1 aliphatic heterocycles. The van der Waals surface area contributed by atoms with E-state index in [9.17, 15) is 4.79 Å². The van der Waals surface area contributed by atoms with Crippen LogP contribution < -0.4 is 19.1 Å². The van der Waals surface area contributed by atoms with E-state index in [1.165, 1.54) is 0 Å². The highest BCUT2D eigenvalue weighted by atomic mass is 16.5. The number of methoxy groups -OCH3 is 3. The molecule has 0 atom stereocenters. The van der Waals surface area contributed by atoms with Gasteiger partial charge in [-0.1, -0.05) is 12.1 Å². The SMILES string of the molecule is COc1cccc(N2CCN(Cc3ccc(OC)cc3OC)CC2=O)c1. The number of ether oxygens (including phenoxy) is 3.